The number of thioether (sulfide) groups is 1. The molecule has 0 aliphatic heterocycles. The number of hydrogen-bond donors (Lipinski definition) is 2. The van der Waals surface area contributed by atoms with Crippen molar-refractivity contribution >= 4 is 40.2 Å². The fourth-order valence-electron chi connectivity index (χ4n) is 3.90. The lowest BCUT2D eigenvalue weighted by Gasteiger charge is -2.36. The molecular formula is C24H33N3O4S2. The summed E-state index contributed by atoms with van der Waals surface area (Å²) in [5, 5.41) is 12.8. The zero-order valence-corrected chi connectivity index (χ0v) is 21.3. The molecule has 2 aromatic rings. The number of urea groups is 1. The highest BCUT2D eigenvalue weighted by molar-refractivity contribution is 8.03. The molecule has 9 heteroatoms. The molecule has 0 atom stereocenters. The predicted octanol–water partition coefficient (Wildman–Crippen LogP) is 5.76. The Labute approximate surface area is 203 Å². The highest BCUT2D eigenvalue weighted by atomic mass is 32.2. The largest absolute Gasteiger partial charge is 0.497 e. The molecule has 1 aromatic heterocycles. The summed E-state index contributed by atoms with van der Waals surface area (Å²) in [6.07, 6.45) is 6.60. The minimum atomic E-state index is -0.963. The van der Waals surface area contributed by atoms with Crippen LogP contribution in [0.2, 0.25) is 0 Å². The van der Waals surface area contributed by atoms with E-state index in [1.807, 2.05) is 23.1 Å². The molecule has 2 N–H and O–H groups in total. The van der Waals surface area contributed by atoms with E-state index in [1.54, 1.807) is 27.2 Å². The third kappa shape index (κ3) is 7.11. The first kappa shape index (κ1) is 25.4. The SMILES string of the molecule is COc1cccc(CCN(C(=O)Nc2ncc(SC(C)(C)C(=O)O)s2)C2CCC(C)CC2)c1. The number of carbonyl (C=O) groups excluding carboxylic acids is 1. The standard InChI is InChI=1S/C24H33N3O4S2/c1-16-8-10-18(11-9-16)27(13-12-17-6-5-7-19(14-17)31-4)23(30)26-22-25-15-20(32-22)33-24(2,3)21(28)29/h5-7,14-16,18H,8-13H2,1-4H3,(H,28,29)(H,25,26,30). The van der Waals surface area contributed by atoms with Gasteiger partial charge in [0.25, 0.3) is 0 Å². The molecule has 1 aromatic carbocycles. The quantitative estimate of drug-likeness (QED) is 0.433. The number of carbonyl (C=O) groups is 2. The molecule has 0 radical (unpaired) electrons. The lowest BCUT2D eigenvalue weighted by molar-refractivity contribution is -0.138. The maximum atomic E-state index is 13.3. The van der Waals surface area contributed by atoms with Gasteiger partial charge in [0.05, 0.1) is 17.5 Å². The van der Waals surface area contributed by atoms with Crippen LogP contribution >= 0.6 is 23.1 Å². The summed E-state index contributed by atoms with van der Waals surface area (Å²) in [5.41, 5.74) is 1.13. The maximum absolute atomic E-state index is 13.3. The van der Waals surface area contributed by atoms with Gasteiger partial charge in [-0.3, -0.25) is 10.1 Å². The summed E-state index contributed by atoms with van der Waals surface area (Å²) in [5.74, 6) is 0.620. The number of carboxylic acids is 1. The number of anilines is 1. The molecule has 33 heavy (non-hydrogen) atoms. The molecule has 3 rings (SSSR count). The zero-order chi connectivity index (χ0) is 24.0. The number of amides is 2. The van der Waals surface area contributed by atoms with Crippen LogP contribution in [-0.4, -0.2) is 51.4 Å². The number of benzene rings is 1. The van der Waals surface area contributed by atoms with Crippen molar-refractivity contribution < 1.29 is 19.4 Å². The first-order chi connectivity index (χ1) is 15.7. The number of hydrogen-bond acceptors (Lipinski definition) is 6. The van der Waals surface area contributed by atoms with Gasteiger partial charge in [-0.2, -0.15) is 0 Å². The Morgan fingerprint density at radius 1 is 1.30 bits per heavy atom. The molecule has 1 aliphatic carbocycles. The van der Waals surface area contributed by atoms with Crippen LogP contribution in [0.25, 0.3) is 0 Å². The van der Waals surface area contributed by atoms with E-state index >= 15 is 0 Å². The van der Waals surface area contributed by atoms with E-state index in [9.17, 15) is 14.7 Å². The number of ether oxygens (including phenoxy) is 1. The van der Waals surface area contributed by atoms with Gasteiger partial charge in [0.2, 0.25) is 0 Å². The Kier molecular flexibility index (Phi) is 8.64. The van der Waals surface area contributed by atoms with Gasteiger partial charge in [0, 0.05) is 12.6 Å². The number of aromatic nitrogens is 1. The average molecular weight is 492 g/mol. The number of thiazole rings is 1. The third-order valence-electron chi connectivity index (χ3n) is 6.03. The fraction of sp³-hybridized carbons (Fsp3) is 0.542. The Morgan fingerprint density at radius 2 is 2.03 bits per heavy atom. The summed E-state index contributed by atoms with van der Waals surface area (Å²) in [4.78, 5) is 31.0. The molecule has 2 amide bonds. The second kappa shape index (κ2) is 11.2. The van der Waals surface area contributed by atoms with E-state index in [0.717, 1.165) is 47.6 Å². The van der Waals surface area contributed by atoms with Gasteiger partial charge in [0.15, 0.2) is 5.13 Å². The third-order valence-corrected chi connectivity index (χ3v) is 8.23. The normalized spacial score (nSPS) is 18.5. The van der Waals surface area contributed by atoms with Crippen molar-refractivity contribution in [1.29, 1.82) is 0 Å². The van der Waals surface area contributed by atoms with Crippen LogP contribution in [0, 0.1) is 5.92 Å². The van der Waals surface area contributed by atoms with E-state index in [0.29, 0.717) is 17.6 Å². The lowest BCUT2D eigenvalue weighted by atomic mass is 9.86. The van der Waals surface area contributed by atoms with Crippen LogP contribution in [-0.2, 0) is 11.2 Å². The molecule has 1 saturated carbocycles. The van der Waals surface area contributed by atoms with Gasteiger partial charge in [-0.1, -0.05) is 42.2 Å². The summed E-state index contributed by atoms with van der Waals surface area (Å²) in [7, 11) is 1.65. The monoisotopic (exact) mass is 491 g/mol. The number of nitrogens with zero attached hydrogens (tertiary/aromatic N) is 2. The zero-order valence-electron chi connectivity index (χ0n) is 19.7. The van der Waals surface area contributed by atoms with Crippen LogP contribution in [0.4, 0.5) is 9.93 Å². The van der Waals surface area contributed by atoms with Crippen LogP contribution in [0.1, 0.15) is 52.0 Å². The number of rotatable bonds is 9. The number of methoxy groups -OCH3 is 1. The molecule has 0 bridgehead atoms. The lowest BCUT2D eigenvalue weighted by Crippen LogP contribution is -2.45. The molecule has 180 valence electrons. The topological polar surface area (TPSA) is 91.8 Å². The van der Waals surface area contributed by atoms with Gasteiger partial charge >= 0.3 is 12.0 Å². The van der Waals surface area contributed by atoms with Gasteiger partial charge in [-0.25, -0.2) is 9.78 Å². The molecule has 1 aliphatic rings. The minimum absolute atomic E-state index is 0.152. The van der Waals surface area contributed by atoms with E-state index in [1.165, 1.54) is 23.1 Å². The van der Waals surface area contributed by atoms with Crippen LogP contribution in [0.3, 0.4) is 0 Å². The highest BCUT2D eigenvalue weighted by Crippen LogP contribution is 2.37. The molecule has 0 unspecified atom stereocenters. The number of nitrogens with one attached hydrogen (secondary N) is 1. The molecule has 7 nitrogen and oxygen atoms in total. The number of carboxylic acid groups (broad SMARTS) is 1. The molecule has 1 fully saturated rings. The Balaban J connectivity index is 1.69. The van der Waals surface area contributed by atoms with Gasteiger partial charge in [-0.05, 0) is 69.6 Å². The Morgan fingerprint density at radius 3 is 2.70 bits per heavy atom. The second-order valence-electron chi connectivity index (χ2n) is 9.04. The summed E-state index contributed by atoms with van der Waals surface area (Å²) in [6.45, 7) is 6.19. The molecule has 0 saturated heterocycles. The number of aliphatic carboxylic acids is 1. The van der Waals surface area contributed by atoms with Crippen molar-refractivity contribution in [3.05, 3.63) is 36.0 Å². The van der Waals surface area contributed by atoms with Crippen LogP contribution in [0.5, 0.6) is 5.75 Å². The Bertz CT molecular complexity index is 955. The smallest absolute Gasteiger partial charge is 0.323 e. The second-order valence-corrected chi connectivity index (χ2v) is 12.0. The highest BCUT2D eigenvalue weighted by Gasteiger charge is 2.30. The first-order valence-electron chi connectivity index (χ1n) is 11.3. The van der Waals surface area contributed by atoms with Gasteiger partial charge < -0.3 is 14.7 Å². The van der Waals surface area contributed by atoms with Gasteiger partial charge in [0.1, 0.15) is 10.5 Å². The summed E-state index contributed by atoms with van der Waals surface area (Å²) >= 11 is 2.53. The molecular weight excluding hydrogens is 458 g/mol. The maximum Gasteiger partial charge on any atom is 0.323 e. The first-order valence-corrected chi connectivity index (χ1v) is 12.9. The van der Waals surface area contributed by atoms with E-state index in [4.69, 9.17) is 4.74 Å². The van der Waals surface area contributed by atoms with Crippen LogP contribution in [0.15, 0.2) is 34.7 Å². The average Bonchev–Trinajstić information content (AvgIpc) is 3.21. The van der Waals surface area contributed by atoms with Crippen molar-refractivity contribution in [2.45, 2.75) is 67.9 Å². The van der Waals surface area contributed by atoms with Gasteiger partial charge in [-0.15, -0.1) is 0 Å². The van der Waals surface area contributed by atoms with E-state index < -0.39 is 10.7 Å². The van der Waals surface area contributed by atoms with E-state index in [2.05, 4.69) is 23.3 Å². The van der Waals surface area contributed by atoms with Crippen molar-refractivity contribution in [2.24, 2.45) is 5.92 Å². The van der Waals surface area contributed by atoms with Crippen molar-refractivity contribution in [3.63, 3.8) is 0 Å². The summed E-state index contributed by atoms with van der Waals surface area (Å²) < 4.78 is 5.12. The Hall–Kier alpha value is -2.26. The minimum Gasteiger partial charge on any atom is -0.497 e. The fourth-order valence-corrected chi connectivity index (χ4v) is 6.17. The van der Waals surface area contributed by atoms with E-state index in [-0.39, 0.29) is 12.1 Å². The van der Waals surface area contributed by atoms with Crippen molar-refractivity contribution in [1.82, 2.24) is 9.88 Å². The predicted molar refractivity (Wildman–Crippen MR) is 134 cm³/mol. The molecule has 0 spiro atoms. The van der Waals surface area contributed by atoms with Crippen LogP contribution < -0.4 is 10.1 Å². The van der Waals surface area contributed by atoms with Crippen molar-refractivity contribution in [3.8, 4) is 5.75 Å². The molecule has 1 heterocycles. The van der Waals surface area contributed by atoms with Crippen molar-refractivity contribution in [2.75, 3.05) is 19.0 Å². The summed E-state index contributed by atoms with van der Waals surface area (Å²) in [6, 6.07) is 7.99.